The van der Waals surface area contributed by atoms with Crippen LogP contribution in [0.25, 0.3) is 0 Å². The molecule has 0 saturated heterocycles. The van der Waals surface area contributed by atoms with Crippen molar-refractivity contribution in [1.82, 2.24) is 0 Å². The zero-order valence-corrected chi connectivity index (χ0v) is 19.5. The van der Waals surface area contributed by atoms with Crippen LogP contribution in [-0.2, 0) is 23.7 Å². The van der Waals surface area contributed by atoms with Crippen molar-refractivity contribution < 1.29 is 52.6 Å². The summed E-state index contributed by atoms with van der Waals surface area (Å²) in [5, 5.41) is 21.1. The number of nitrogens with zero attached hydrogens (tertiary/aromatic N) is 2. The summed E-state index contributed by atoms with van der Waals surface area (Å²) >= 11 is 0. The molecule has 15 nitrogen and oxygen atoms in total. The van der Waals surface area contributed by atoms with Gasteiger partial charge in [-0.15, -0.1) is 0 Å². The maximum atomic E-state index is 11.5. The molecule has 0 bridgehead atoms. The molecular formula is C22H24N2O13. The molecule has 0 unspecified atom stereocenters. The number of benzene rings is 2. The van der Waals surface area contributed by atoms with Crippen LogP contribution in [0.1, 0.15) is 0 Å². The molecule has 0 radical (unpaired) electrons. The Morgan fingerprint density at radius 3 is 1.14 bits per heavy atom. The highest BCUT2D eigenvalue weighted by atomic mass is 16.7. The fraction of sp³-hybridized carbons (Fsp3) is 0.364. The monoisotopic (exact) mass is 524 g/mol. The lowest BCUT2D eigenvalue weighted by Gasteiger charge is -2.08. The first-order valence-electron chi connectivity index (χ1n) is 10.8. The highest BCUT2D eigenvalue weighted by Gasteiger charge is 2.10. The van der Waals surface area contributed by atoms with Gasteiger partial charge in [0.2, 0.25) is 0 Å². The van der Waals surface area contributed by atoms with E-state index in [0.29, 0.717) is 0 Å². The van der Waals surface area contributed by atoms with Crippen molar-refractivity contribution in [3.05, 3.63) is 68.8 Å². The van der Waals surface area contributed by atoms with Crippen molar-refractivity contribution in [3.8, 4) is 11.5 Å². The molecule has 200 valence electrons. The topological polar surface area (TPSA) is 185 Å². The molecule has 37 heavy (non-hydrogen) atoms. The first-order chi connectivity index (χ1) is 17.8. The number of nitro groups is 2. The van der Waals surface area contributed by atoms with Crippen molar-refractivity contribution in [3.63, 3.8) is 0 Å². The van der Waals surface area contributed by atoms with Gasteiger partial charge in [0, 0.05) is 24.3 Å². The van der Waals surface area contributed by atoms with Gasteiger partial charge in [-0.3, -0.25) is 20.2 Å². The minimum Gasteiger partial charge on any atom is -0.432 e. The fourth-order valence-electron chi connectivity index (χ4n) is 2.43. The van der Waals surface area contributed by atoms with E-state index in [0.717, 1.165) is 0 Å². The molecular weight excluding hydrogens is 500 g/mol. The number of carbonyl (C=O) groups is 2. The first kappa shape index (κ1) is 28.9. The minimum absolute atomic E-state index is 0.0540. The Hall–Kier alpha value is -4.34. The summed E-state index contributed by atoms with van der Waals surface area (Å²) in [6.45, 7) is 1.16. The summed E-state index contributed by atoms with van der Waals surface area (Å²) < 4.78 is 35.1. The predicted molar refractivity (Wildman–Crippen MR) is 123 cm³/mol. The number of non-ortho nitro benzene ring substituents is 2. The Balaban J connectivity index is 1.37. The molecule has 0 spiro atoms. The van der Waals surface area contributed by atoms with Crippen molar-refractivity contribution in [1.29, 1.82) is 0 Å². The Morgan fingerprint density at radius 2 is 0.838 bits per heavy atom. The zero-order valence-electron chi connectivity index (χ0n) is 19.5. The van der Waals surface area contributed by atoms with Gasteiger partial charge in [-0.25, -0.2) is 9.59 Å². The van der Waals surface area contributed by atoms with Gasteiger partial charge in [-0.2, -0.15) is 0 Å². The maximum absolute atomic E-state index is 11.5. The second-order valence-corrected chi connectivity index (χ2v) is 6.74. The van der Waals surface area contributed by atoms with Crippen LogP contribution in [-0.4, -0.2) is 75.0 Å². The number of nitro benzene ring substituents is 2. The lowest BCUT2D eigenvalue weighted by atomic mass is 10.3. The maximum Gasteiger partial charge on any atom is 0.513 e. The summed E-state index contributed by atoms with van der Waals surface area (Å²) in [7, 11) is 0. The van der Waals surface area contributed by atoms with E-state index in [2.05, 4.69) is 0 Å². The molecule has 0 atom stereocenters. The van der Waals surface area contributed by atoms with Crippen LogP contribution in [0.2, 0.25) is 0 Å². The molecule has 0 aliphatic heterocycles. The molecule has 0 aliphatic rings. The minimum atomic E-state index is -0.963. The van der Waals surface area contributed by atoms with Crippen LogP contribution in [0.5, 0.6) is 11.5 Å². The number of ether oxygens (including phenoxy) is 7. The summed E-state index contributed by atoms with van der Waals surface area (Å²) in [5.74, 6) is 0.224. The fourth-order valence-corrected chi connectivity index (χ4v) is 2.43. The number of hydrogen-bond acceptors (Lipinski definition) is 13. The quantitative estimate of drug-likeness (QED) is 0.102. The van der Waals surface area contributed by atoms with Gasteiger partial charge in [-0.1, -0.05) is 0 Å². The summed E-state index contributed by atoms with van der Waals surface area (Å²) in [6.07, 6.45) is -1.93. The highest BCUT2D eigenvalue weighted by molar-refractivity contribution is 5.64. The highest BCUT2D eigenvalue weighted by Crippen LogP contribution is 2.18. The SMILES string of the molecule is O=C(OCCOCCOCCOCCOC(=O)Oc1ccc([N+](=O)[O-])cc1)Oc1ccc([N+](=O)[O-])cc1. The molecule has 15 heteroatoms. The summed E-state index contributed by atoms with van der Waals surface area (Å²) in [4.78, 5) is 43.1. The van der Waals surface area contributed by atoms with Crippen LogP contribution in [0.4, 0.5) is 21.0 Å². The summed E-state index contributed by atoms with van der Waals surface area (Å²) in [6, 6.07) is 9.93. The zero-order chi connectivity index (χ0) is 26.9. The van der Waals surface area contributed by atoms with Crippen molar-refractivity contribution in [2.75, 3.05) is 52.9 Å². The smallest absolute Gasteiger partial charge is 0.432 e. The molecule has 0 N–H and O–H groups in total. The van der Waals surface area contributed by atoms with Crippen LogP contribution < -0.4 is 9.47 Å². The lowest BCUT2D eigenvalue weighted by molar-refractivity contribution is -0.385. The third-order valence-electron chi connectivity index (χ3n) is 4.14. The number of rotatable bonds is 16. The average molecular weight is 524 g/mol. The average Bonchev–Trinajstić information content (AvgIpc) is 2.87. The van der Waals surface area contributed by atoms with Crippen molar-refractivity contribution in [2.24, 2.45) is 0 Å². The van der Waals surface area contributed by atoms with E-state index in [9.17, 15) is 29.8 Å². The summed E-state index contributed by atoms with van der Waals surface area (Å²) in [5.41, 5.74) is -0.255. The van der Waals surface area contributed by atoms with E-state index in [-0.39, 0.29) is 75.7 Å². The Labute approximate surface area is 210 Å². The first-order valence-corrected chi connectivity index (χ1v) is 10.8. The molecule has 0 fully saturated rings. The van der Waals surface area contributed by atoms with Crippen molar-refractivity contribution in [2.45, 2.75) is 0 Å². The Morgan fingerprint density at radius 1 is 0.541 bits per heavy atom. The van der Waals surface area contributed by atoms with Crippen LogP contribution in [0.3, 0.4) is 0 Å². The van der Waals surface area contributed by atoms with E-state index >= 15 is 0 Å². The Kier molecular flexibility index (Phi) is 12.8. The van der Waals surface area contributed by atoms with Gasteiger partial charge in [0.1, 0.15) is 24.7 Å². The van der Waals surface area contributed by atoms with Gasteiger partial charge < -0.3 is 33.2 Å². The van der Waals surface area contributed by atoms with Gasteiger partial charge in [0.15, 0.2) is 0 Å². The van der Waals surface area contributed by atoms with Crippen LogP contribution >= 0.6 is 0 Å². The third-order valence-corrected chi connectivity index (χ3v) is 4.14. The third kappa shape index (κ3) is 12.3. The molecule has 2 rings (SSSR count). The molecule has 2 aromatic carbocycles. The van der Waals surface area contributed by atoms with E-state index in [1.807, 2.05) is 0 Å². The van der Waals surface area contributed by atoms with E-state index in [1.165, 1.54) is 48.5 Å². The standard InChI is InChI=1S/C22H24N2O13/c25-21(36-19-5-1-17(2-6-19)23(27)28)34-15-13-32-11-9-31-10-12-33-14-16-35-22(26)37-20-7-3-18(4-8-20)24(29)30/h1-8H,9-16H2. The van der Waals surface area contributed by atoms with E-state index in [1.54, 1.807) is 0 Å². The molecule has 0 aliphatic carbocycles. The second kappa shape index (κ2) is 16.4. The molecule has 0 saturated carbocycles. The Bertz CT molecular complexity index is 931. The van der Waals surface area contributed by atoms with Gasteiger partial charge >= 0.3 is 12.3 Å². The van der Waals surface area contributed by atoms with Crippen molar-refractivity contribution >= 4 is 23.7 Å². The van der Waals surface area contributed by atoms with Crippen LogP contribution in [0, 0.1) is 20.2 Å². The predicted octanol–water partition coefficient (Wildman–Crippen LogP) is 3.28. The largest absolute Gasteiger partial charge is 0.513 e. The van der Waals surface area contributed by atoms with E-state index in [4.69, 9.17) is 33.2 Å². The normalized spacial score (nSPS) is 10.4. The van der Waals surface area contributed by atoms with Gasteiger partial charge in [-0.05, 0) is 24.3 Å². The molecule has 2 aromatic rings. The van der Waals surface area contributed by atoms with Crippen LogP contribution in [0.15, 0.2) is 48.5 Å². The lowest BCUT2D eigenvalue weighted by Crippen LogP contribution is -2.17. The second-order valence-electron chi connectivity index (χ2n) is 6.74. The molecule has 0 heterocycles. The molecule has 0 aromatic heterocycles. The number of carbonyl (C=O) groups excluding carboxylic acids is 2. The van der Waals surface area contributed by atoms with E-state index < -0.39 is 22.2 Å². The van der Waals surface area contributed by atoms with Gasteiger partial charge in [0.25, 0.3) is 11.4 Å². The van der Waals surface area contributed by atoms with Gasteiger partial charge in [0.05, 0.1) is 49.5 Å². The number of hydrogen-bond donors (Lipinski definition) is 0. The molecule has 0 amide bonds.